The van der Waals surface area contributed by atoms with E-state index in [-0.39, 0.29) is 18.2 Å². The topological polar surface area (TPSA) is 99.2 Å². The van der Waals surface area contributed by atoms with E-state index in [2.05, 4.69) is 28.4 Å². The molecule has 2 N–H and O–H groups in total. The molecular formula is C28H31N3O5. The SMILES string of the molecule is O=C1CCC(N2Cc3cc(C4(O)CCN(Cc5ccc6c(c5)CCCO6)CC4)ccc3C2=O)C(=O)N1. The Bertz CT molecular complexity index is 1230. The molecule has 1 atom stereocenters. The van der Waals surface area contributed by atoms with Crippen molar-refractivity contribution in [2.45, 2.75) is 63.3 Å². The number of benzene rings is 2. The van der Waals surface area contributed by atoms with E-state index in [0.717, 1.165) is 56.0 Å². The summed E-state index contributed by atoms with van der Waals surface area (Å²) in [5, 5.41) is 13.9. The number of fused-ring (bicyclic) bond motifs is 2. The van der Waals surface area contributed by atoms with Crippen LogP contribution in [0.1, 0.15) is 64.7 Å². The van der Waals surface area contributed by atoms with Crippen LogP contribution in [0.25, 0.3) is 0 Å². The second kappa shape index (κ2) is 9.01. The zero-order valence-electron chi connectivity index (χ0n) is 20.3. The van der Waals surface area contributed by atoms with Gasteiger partial charge in [0.2, 0.25) is 11.8 Å². The van der Waals surface area contributed by atoms with E-state index in [1.54, 1.807) is 11.0 Å². The Hall–Kier alpha value is -3.23. The van der Waals surface area contributed by atoms with Crippen LogP contribution in [0.2, 0.25) is 0 Å². The summed E-state index contributed by atoms with van der Waals surface area (Å²) in [4.78, 5) is 40.7. The largest absolute Gasteiger partial charge is 0.493 e. The van der Waals surface area contributed by atoms with Gasteiger partial charge in [-0.15, -0.1) is 0 Å². The number of aliphatic hydroxyl groups is 1. The molecule has 0 saturated carbocycles. The first-order valence-corrected chi connectivity index (χ1v) is 12.9. The number of nitrogens with one attached hydrogen (secondary N) is 1. The molecule has 3 amide bonds. The van der Waals surface area contributed by atoms with E-state index in [0.29, 0.717) is 31.4 Å². The lowest BCUT2D eigenvalue weighted by Crippen LogP contribution is -2.52. The summed E-state index contributed by atoms with van der Waals surface area (Å²) in [7, 11) is 0. The van der Waals surface area contributed by atoms with Gasteiger partial charge in [-0.1, -0.05) is 24.3 Å². The third kappa shape index (κ3) is 4.18. The molecule has 2 saturated heterocycles. The van der Waals surface area contributed by atoms with Crippen molar-refractivity contribution >= 4 is 17.7 Å². The van der Waals surface area contributed by atoms with Crippen molar-refractivity contribution in [3.8, 4) is 5.75 Å². The lowest BCUT2D eigenvalue weighted by molar-refractivity contribution is -0.136. The number of carbonyl (C=O) groups is 3. The van der Waals surface area contributed by atoms with Crippen molar-refractivity contribution in [2.75, 3.05) is 19.7 Å². The first-order valence-electron chi connectivity index (χ1n) is 12.9. The number of amides is 3. The van der Waals surface area contributed by atoms with Gasteiger partial charge in [-0.3, -0.25) is 24.6 Å². The summed E-state index contributed by atoms with van der Waals surface area (Å²) in [6.45, 7) is 3.52. The molecule has 0 spiro atoms. The standard InChI is InChI=1S/C28H31N3O5/c32-25-8-6-23(26(33)29-25)31-17-20-15-21(4-5-22(20)27(31)34)28(35)9-11-30(12-10-28)16-18-3-7-24-19(14-18)2-1-13-36-24/h3-5,7,14-15,23,35H,1-2,6,8-13,16-17H2,(H,29,32,33). The zero-order chi connectivity index (χ0) is 24.9. The summed E-state index contributed by atoms with van der Waals surface area (Å²) in [5.41, 5.74) is 3.83. The maximum absolute atomic E-state index is 13.0. The van der Waals surface area contributed by atoms with E-state index in [4.69, 9.17) is 4.74 Å². The highest BCUT2D eigenvalue weighted by Crippen LogP contribution is 2.37. The minimum atomic E-state index is -0.944. The predicted octanol–water partition coefficient (Wildman–Crippen LogP) is 2.26. The monoisotopic (exact) mass is 489 g/mol. The first-order chi connectivity index (χ1) is 17.4. The van der Waals surface area contributed by atoms with Crippen molar-refractivity contribution in [3.05, 3.63) is 64.2 Å². The van der Waals surface area contributed by atoms with Gasteiger partial charge in [0.1, 0.15) is 11.8 Å². The molecule has 0 bridgehead atoms. The fourth-order valence-corrected chi connectivity index (χ4v) is 6.00. The maximum Gasteiger partial charge on any atom is 0.255 e. The number of likely N-dealkylation sites (tertiary alicyclic amines) is 1. The number of carbonyl (C=O) groups excluding carboxylic acids is 3. The predicted molar refractivity (Wildman–Crippen MR) is 131 cm³/mol. The molecule has 8 heteroatoms. The number of hydrogen-bond donors (Lipinski definition) is 2. The normalized spacial score (nSPS) is 23.6. The van der Waals surface area contributed by atoms with Crippen LogP contribution in [0.4, 0.5) is 0 Å². The third-order valence-electron chi connectivity index (χ3n) is 8.12. The van der Waals surface area contributed by atoms with E-state index >= 15 is 0 Å². The Morgan fingerprint density at radius 1 is 1.03 bits per heavy atom. The molecule has 4 aliphatic rings. The summed E-state index contributed by atoms with van der Waals surface area (Å²) >= 11 is 0. The molecule has 4 heterocycles. The quantitative estimate of drug-likeness (QED) is 0.640. The van der Waals surface area contributed by atoms with Gasteiger partial charge in [-0.25, -0.2) is 0 Å². The summed E-state index contributed by atoms with van der Waals surface area (Å²) in [6.07, 6.45) is 3.93. The van der Waals surface area contributed by atoms with Gasteiger partial charge in [-0.05, 0) is 66.5 Å². The highest BCUT2D eigenvalue weighted by molar-refractivity contribution is 6.05. The molecule has 0 aliphatic carbocycles. The summed E-state index contributed by atoms with van der Waals surface area (Å²) < 4.78 is 5.73. The first kappa shape index (κ1) is 23.2. The number of piperidine rings is 2. The van der Waals surface area contributed by atoms with E-state index in [1.807, 2.05) is 12.1 Å². The molecule has 6 rings (SSSR count). The molecule has 8 nitrogen and oxygen atoms in total. The fourth-order valence-electron chi connectivity index (χ4n) is 6.00. The number of imide groups is 1. The minimum absolute atomic E-state index is 0.191. The van der Waals surface area contributed by atoms with Gasteiger partial charge in [0, 0.05) is 38.2 Å². The van der Waals surface area contributed by atoms with E-state index in [1.165, 1.54) is 11.1 Å². The average molecular weight is 490 g/mol. The Labute approximate surface area is 210 Å². The number of hydrogen-bond acceptors (Lipinski definition) is 6. The lowest BCUT2D eigenvalue weighted by atomic mass is 9.83. The maximum atomic E-state index is 13.0. The van der Waals surface area contributed by atoms with Crippen LogP contribution in [0, 0.1) is 0 Å². The van der Waals surface area contributed by atoms with Crippen molar-refractivity contribution < 1.29 is 24.2 Å². The lowest BCUT2D eigenvalue weighted by Gasteiger charge is -2.39. The highest BCUT2D eigenvalue weighted by atomic mass is 16.5. The van der Waals surface area contributed by atoms with Crippen molar-refractivity contribution in [3.63, 3.8) is 0 Å². The highest BCUT2D eigenvalue weighted by Gasteiger charge is 2.40. The molecule has 188 valence electrons. The van der Waals surface area contributed by atoms with E-state index < -0.39 is 17.6 Å². The second-order valence-electron chi connectivity index (χ2n) is 10.5. The van der Waals surface area contributed by atoms with Crippen LogP contribution in [0.15, 0.2) is 36.4 Å². The van der Waals surface area contributed by atoms with Gasteiger partial charge >= 0.3 is 0 Å². The summed E-state index contributed by atoms with van der Waals surface area (Å²) in [6, 6.07) is 11.4. The molecular weight excluding hydrogens is 458 g/mol. The van der Waals surface area contributed by atoms with Crippen LogP contribution >= 0.6 is 0 Å². The van der Waals surface area contributed by atoms with Crippen molar-refractivity contribution in [1.29, 1.82) is 0 Å². The molecule has 4 aliphatic heterocycles. The van der Waals surface area contributed by atoms with Gasteiger partial charge < -0.3 is 14.7 Å². The minimum Gasteiger partial charge on any atom is -0.493 e. The number of ether oxygens (including phenoxy) is 1. The molecule has 1 unspecified atom stereocenters. The van der Waals surface area contributed by atoms with Gasteiger partial charge in [0.25, 0.3) is 5.91 Å². The number of nitrogens with zero attached hydrogens (tertiary/aromatic N) is 2. The van der Waals surface area contributed by atoms with Crippen molar-refractivity contribution in [1.82, 2.24) is 15.1 Å². The fraction of sp³-hybridized carbons (Fsp3) is 0.464. The zero-order valence-corrected chi connectivity index (χ0v) is 20.3. The number of rotatable bonds is 4. The van der Waals surface area contributed by atoms with Crippen molar-refractivity contribution in [2.24, 2.45) is 0 Å². The molecule has 2 aromatic rings. The number of aryl methyl sites for hydroxylation is 1. The smallest absolute Gasteiger partial charge is 0.255 e. The Balaban J connectivity index is 1.12. The molecule has 0 radical (unpaired) electrons. The summed E-state index contributed by atoms with van der Waals surface area (Å²) in [5.74, 6) is 0.106. The van der Waals surface area contributed by atoms with E-state index in [9.17, 15) is 19.5 Å². The Morgan fingerprint density at radius 3 is 2.67 bits per heavy atom. The van der Waals surface area contributed by atoms with Crippen LogP contribution < -0.4 is 10.1 Å². The van der Waals surface area contributed by atoms with Crippen LogP contribution in [-0.4, -0.2) is 58.4 Å². The van der Waals surface area contributed by atoms with Crippen LogP contribution in [-0.2, 0) is 34.7 Å². The third-order valence-corrected chi connectivity index (χ3v) is 8.12. The van der Waals surface area contributed by atoms with Crippen LogP contribution in [0.5, 0.6) is 5.75 Å². The second-order valence-corrected chi connectivity index (χ2v) is 10.5. The van der Waals surface area contributed by atoms with Gasteiger partial charge in [0.05, 0.1) is 12.2 Å². The molecule has 0 aromatic heterocycles. The Kier molecular flexibility index (Phi) is 5.80. The van der Waals surface area contributed by atoms with Gasteiger partial charge in [0.15, 0.2) is 0 Å². The Morgan fingerprint density at radius 2 is 1.86 bits per heavy atom. The molecule has 2 fully saturated rings. The average Bonchev–Trinajstić information content (AvgIpc) is 3.21. The molecule has 36 heavy (non-hydrogen) atoms. The molecule has 2 aromatic carbocycles. The van der Waals surface area contributed by atoms with Gasteiger partial charge in [-0.2, -0.15) is 0 Å². The van der Waals surface area contributed by atoms with Crippen LogP contribution in [0.3, 0.4) is 0 Å².